The Kier molecular flexibility index (Phi) is 3.12. The molecule has 1 aromatic carbocycles. The lowest BCUT2D eigenvalue weighted by atomic mass is 9.76. The molecule has 0 spiro atoms. The van der Waals surface area contributed by atoms with E-state index in [1.807, 2.05) is 0 Å². The van der Waals surface area contributed by atoms with Gasteiger partial charge >= 0.3 is 0 Å². The SMILES string of the molecule is Cc1cc(C)cc(C#CC2(O)CN3CCC2CC3)c1. The van der Waals surface area contributed by atoms with Gasteiger partial charge in [0.05, 0.1) is 0 Å². The van der Waals surface area contributed by atoms with Crippen LogP contribution < -0.4 is 0 Å². The second kappa shape index (κ2) is 4.67. The summed E-state index contributed by atoms with van der Waals surface area (Å²) in [5, 5.41) is 10.7. The van der Waals surface area contributed by atoms with Gasteiger partial charge in [0.1, 0.15) is 5.60 Å². The van der Waals surface area contributed by atoms with Gasteiger partial charge in [-0.25, -0.2) is 0 Å². The van der Waals surface area contributed by atoms with Crippen LogP contribution in [-0.4, -0.2) is 35.2 Å². The molecule has 19 heavy (non-hydrogen) atoms. The van der Waals surface area contributed by atoms with Gasteiger partial charge in [-0.05, 0) is 63.0 Å². The summed E-state index contributed by atoms with van der Waals surface area (Å²) in [4.78, 5) is 2.33. The Labute approximate surface area is 115 Å². The number of fused-ring (bicyclic) bond motifs is 3. The predicted molar refractivity (Wildman–Crippen MR) is 76.9 cm³/mol. The minimum atomic E-state index is -0.797. The Morgan fingerprint density at radius 2 is 1.79 bits per heavy atom. The normalized spacial score (nSPS) is 32.8. The molecule has 1 atom stereocenters. The van der Waals surface area contributed by atoms with Gasteiger partial charge in [-0.2, -0.15) is 0 Å². The van der Waals surface area contributed by atoms with Crippen LogP contribution in [0.2, 0.25) is 0 Å². The van der Waals surface area contributed by atoms with Crippen molar-refractivity contribution >= 4 is 0 Å². The molecular formula is C17H21NO. The van der Waals surface area contributed by atoms with E-state index in [1.54, 1.807) is 0 Å². The summed E-state index contributed by atoms with van der Waals surface area (Å²) in [5.74, 6) is 6.72. The quantitative estimate of drug-likeness (QED) is 0.718. The van der Waals surface area contributed by atoms with Gasteiger partial charge in [0.25, 0.3) is 0 Å². The first-order valence-corrected chi connectivity index (χ1v) is 7.11. The molecule has 3 fully saturated rings. The van der Waals surface area contributed by atoms with Crippen molar-refractivity contribution in [3.05, 3.63) is 34.9 Å². The molecule has 2 bridgehead atoms. The van der Waals surface area contributed by atoms with Gasteiger partial charge in [-0.15, -0.1) is 0 Å². The van der Waals surface area contributed by atoms with Crippen molar-refractivity contribution in [3.63, 3.8) is 0 Å². The fourth-order valence-corrected chi connectivity index (χ4v) is 3.41. The van der Waals surface area contributed by atoms with Gasteiger partial charge in [0.15, 0.2) is 0 Å². The van der Waals surface area contributed by atoms with Crippen LogP contribution in [-0.2, 0) is 0 Å². The van der Waals surface area contributed by atoms with Gasteiger partial charge < -0.3 is 5.11 Å². The van der Waals surface area contributed by atoms with Crippen molar-refractivity contribution in [2.45, 2.75) is 32.3 Å². The lowest BCUT2D eigenvalue weighted by Gasteiger charge is -2.47. The summed E-state index contributed by atoms with van der Waals surface area (Å²) in [6.07, 6.45) is 2.16. The van der Waals surface area contributed by atoms with E-state index in [-0.39, 0.29) is 0 Å². The zero-order valence-corrected chi connectivity index (χ0v) is 11.7. The van der Waals surface area contributed by atoms with Crippen molar-refractivity contribution in [2.75, 3.05) is 19.6 Å². The smallest absolute Gasteiger partial charge is 0.141 e. The summed E-state index contributed by atoms with van der Waals surface area (Å²) in [6, 6.07) is 6.32. The molecule has 0 radical (unpaired) electrons. The maximum absolute atomic E-state index is 10.7. The molecule has 4 rings (SSSR count). The van der Waals surface area contributed by atoms with E-state index in [1.165, 1.54) is 11.1 Å². The second-order valence-corrected chi connectivity index (χ2v) is 6.10. The zero-order chi connectivity index (χ0) is 13.5. The molecule has 0 aromatic heterocycles. The molecule has 3 aliphatic heterocycles. The van der Waals surface area contributed by atoms with Crippen LogP contribution in [0.25, 0.3) is 0 Å². The minimum absolute atomic E-state index is 0.357. The molecule has 0 saturated carbocycles. The molecule has 2 nitrogen and oxygen atoms in total. The van der Waals surface area contributed by atoms with Crippen LogP contribution in [0.5, 0.6) is 0 Å². The fourth-order valence-electron chi connectivity index (χ4n) is 3.41. The van der Waals surface area contributed by atoms with E-state index in [9.17, 15) is 5.11 Å². The van der Waals surface area contributed by atoms with E-state index < -0.39 is 5.60 Å². The first-order chi connectivity index (χ1) is 9.05. The number of aliphatic hydroxyl groups is 1. The molecule has 3 saturated heterocycles. The van der Waals surface area contributed by atoms with Gasteiger partial charge in [0, 0.05) is 18.0 Å². The van der Waals surface area contributed by atoms with Crippen LogP contribution in [0.15, 0.2) is 18.2 Å². The first-order valence-electron chi connectivity index (χ1n) is 7.11. The van der Waals surface area contributed by atoms with E-state index >= 15 is 0 Å². The number of rotatable bonds is 0. The highest BCUT2D eigenvalue weighted by Crippen LogP contribution is 2.35. The second-order valence-electron chi connectivity index (χ2n) is 6.10. The monoisotopic (exact) mass is 255 g/mol. The number of benzene rings is 1. The van der Waals surface area contributed by atoms with Crippen LogP contribution in [0.4, 0.5) is 0 Å². The molecule has 0 amide bonds. The Morgan fingerprint density at radius 1 is 1.16 bits per heavy atom. The van der Waals surface area contributed by atoms with E-state index in [4.69, 9.17) is 0 Å². The Morgan fingerprint density at radius 3 is 2.32 bits per heavy atom. The van der Waals surface area contributed by atoms with Crippen molar-refractivity contribution in [1.82, 2.24) is 4.90 Å². The molecule has 2 heteroatoms. The maximum Gasteiger partial charge on any atom is 0.141 e. The van der Waals surface area contributed by atoms with E-state index in [0.29, 0.717) is 5.92 Å². The molecule has 0 aliphatic carbocycles. The largest absolute Gasteiger partial charge is 0.376 e. The number of nitrogens with zero attached hydrogens (tertiary/aromatic N) is 1. The van der Waals surface area contributed by atoms with E-state index in [2.05, 4.69) is 48.8 Å². The van der Waals surface area contributed by atoms with Gasteiger partial charge in [-0.1, -0.05) is 17.9 Å². The lowest BCUT2D eigenvalue weighted by Crippen LogP contribution is -2.58. The maximum atomic E-state index is 10.7. The predicted octanol–water partition coefficient (Wildman–Crippen LogP) is 2.11. The Hall–Kier alpha value is -1.30. The standard InChI is InChI=1S/C17H21NO/c1-13-9-14(2)11-15(10-13)3-6-17(19)12-18-7-4-16(17)5-8-18/h9-11,16,19H,4-5,7-8,12H2,1-2H3. The van der Waals surface area contributed by atoms with Crippen LogP contribution >= 0.6 is 0 Å². The highest BCUT2D eigenvalue weighted by molar-refractivity contribution is 5.41. The topological polar surface area (TPSA) is 23.5 Å². The molecule has 1 N–H and O–H groups in total. The average molecular weight is 255 g/mol. The van der Waals surface area contributed by atoms with Gasteiger partial charge in [-0.3, -0.25) is 4.90 Å². The number of hydrogen-bond acceptors (Lipinski definition) is 2. The average Bonchev–Trinajstić information content (AvgIpc) is 2.37. The fraction of sp³-hybridized carbons (Fsp3) is 0.529. The summed E-state index contributed by atoms with van der Waals surface area (Å²) in [5.41, 5.74) is 2.67. The Bertz CT molecular complexity index is 526. The summed E-state index contributed by atoms with van der Waals surface area (Å²) in [7, 11) is 0. The summed E-state index contributed by atoms with van der Waals surface area (Å²) < 4.78 is 0. The van der Waals surface area contributed by atoms with Gasteiger partial charge in [0.2, 0.25) is 0 Å². The third-order valence-corrected chi connectivity index (χ3v) is 4.37. The van der Waals surface area contributed by atoms with Crippen LogP contribution in [0.1, 0.15) is 29.5 Å². The molecule has 100 valence electrons. The zero-order valence-electron chi connectivity index (χ0n) is 11.7. The number of piperidine rings is 3. The molecule has 1 unspecified atom stereocenters. The number of aryl methyl sites for hydroxylation is 2. The van der Waals surface area contributed by atoms with E-state index in [0.717, 1.165) is 38.0 Å². The van der Waals surface area contributed by atoms with Crippen LogP contribution in [0.3, 0.4) is 0 Å². The van der Waals surface area contributed by atoms with Crippen LogP contribution in [0, 0.1) is 31.6 Å². The third kappa shape index (κ3) is 2.54. The third-order valence-electron chi connectivity index (χ3n) is 4.37. The highest BCUT2D eigenvalue weighted by atomic mass is 16.3. The minimum Gasteiger partial charge on any atom is -0.376 e. The molecule has 1 aromatic rings. The summed E-state index contributed by atoms with van der Waals surface area (Å²) in [6.45, 7) is 7.13. The van der Waals surface area contributed by atoms with Crippen molar-refractivity contribution in [2.24, 2.45) is 5.92 Å². The lowest BCUT2D eigenvalue weighted by molar-refractivity contribution is -0.0713. The Balaban J connectivity index is 1.87. The van der Waals surface area contributed by atoms with Crippen molar-refractivity contribution in [3.8, 4) is 11.8 Å². The molecule has 3 heterocycles. The van der Waals surface area contributed by atoms with Crippen molar-refractivity contribution < 1.29 is 5.11 Å². The number of hydrogen-bond donors (Lipinski definition) is 1. The van der Waals surface area contributed by atoms with Crippen molar-refractivity contribution in [1.29, 1.82) is 0 Å². The first kappa shape index (κ1) is 12.7. The summed E-state index contributed by atoms with van der Waals surface area (Å²) >= 11 is 0. The highest BCUT2D eigenvalue weighted by Gasteiger charge is 2.44. The molecular weight excluding hydrogens is 234 g/mol. The molecule has 3 aliphatic rings.